The van der Waals surface area contributed by atoms with E-state index in [4.69, 9.17) is 5.26 Å². The van der Waals surface area contributed by atoms with Gasteiger partial charge in [-0.15, -0.1) is 0 Å². The molecule has 0 fully saturated rings. The van der Waals surface area contributed by atoms with Gasteiger partial charge in [-0.2, -0.15) is 10.4 Å². The number of rotatable bonds is 2. The van der Waals surface area contributed by atoms with Gasteiger partial charge in [0.1, 0.15) is 11.9 Å². The number of benzene rings is 1. The predicted molar refractivity (Wildman–Crippen MR) is 57.2 cm³/mol. The number of nitrogens with zero attached hydrogens (tertiary/aromatic N) is 3. The van der Waals surface area contributed by atoms with Crippen LogP contribution in [0.2, 0.25) is 0 Å². The molecule has 2 aromatic rings. The molecule has 1 aromatic carbocycles. The maximum Gasteiger partial charge on any atom is 0.123 e. The van der Waals surface area contributed by atoms with Crippen LogP contribution in [0.4, 0.5) is 4.39 Å². The summed E-state index contributed by atoms with van der Waals surface area (Å²) >= 11 is 0. The molecule has 0 aliphatic heterocycles. The van der Waals surface area contributed by atoms with Crippen molar-refractivity contribution in [2.45, 2.75) is 13.5 Å². The fourth-order valence-corrected chi connectivity index (χ4v) is 1.48. The van der Waals surface area contributed by atoms with Crippen molar-refractivity contribution in [2.24, 2.45) is 0 Å². The lowest BCUT2D eigenvalue weighted by Gasteiger charge is -2.04. The van der Waals surface area contributed by atoms with Gasteiger partial charge in [0.25, 0.3) is 0 Å². The van der Waals surface area contributed by atoms with Gasteiger partial charge in [-0.1, -0.05) is 12.1 Å². The molecule has 80 valence electrons. The Morgan fingerprint density at radius 3 is 2.62 bits per heavy atom. The van der Waals surface area contributed by atoms with Crippen molar-refractivity contribution < 1.29 is 4.39 Å². The highest BCUT2D eigenvalue weighted by Gasteiger charge is 2.05. The van der Waals surface area contributed by atoms with Crippen LogP contribution in [0.25, 0.3) is 0 Å². The minimum absolute atomic E-state index is 0.251. The molecule has 0 spiro atoms. The Morgan fingerprint density at radius 2 is 2.06 bits per heavy atom. The number of halogens is 1. The summed E-state index contributed by atoms with van der Waals surface area (Å²) < 4.78 is 14.4. The second-order valence-corrected chi connectivity index (χ2v) is 3.54. The van der Waals surface area contributed by atoms with E-state index in [-0.39, 0.29) is 5.82 Å². The van der Waals surface area contributed by atoms with Crippen LogP contribution >= 0.6 is 0 Å². The lowest BCUT2D eigenvalue weighted by molar-refractivity contribution is 0.623. The van der Waals surface area contributed by atoms with Gasteiger partial charge in [0.15, 0.2) is 0 Å². The summed E-state index contributed by atoms with van der Waals surface area (Å²) in [5, 5.41) is 12.9. The summed E-state index contributed by atoms with van der Waals surface area (Å²) in [4.78, 5) is 0. The van der Waals surface area contributed by atoms with Gasteiger partial charge in [-0.25, -0.2) is 4.39 Å². The molecule has 0 N–H and O–H groups in total. The van der Waals surface area contributed by atoms with Gasteiger partial charge in [-0.05, 0) is 24.6 Å². The van der Waals surface area contributed by atoms with Crippen molar-refractivity contribution in [3.05, 3.63) is 53.1 Å². The zero-order valence-corrected chi connectivity index (χ0v) is 8.81. The Bertz CT molecular complexity index is 534. The minimum Gasteiger partial charge on any atom is -0.264 e. The van der Waals surface area contributed by atoms with Crippen LogP contribution < -0.4 is 0 Å². The molecule has 0 saturated carbocycles. The second-order valence-electron chi connectivity index (χ2n) is 3.54. The van der Waals surface area contributed by atoms with Crippen molar-refractivity contribution in [1.29, 1.82) is 5.26 Å². The molecule has 3 nitrogen and oxygen atoms in total. The average Bonchev–Trinajstić information content (AvgIpc) is 2.63. The molecule has 0 amide bonds. The highest BCUT2D eigenvalue weighted by Crippen LogP contribution is 2.09. The monoisotopic (exact) mass is 215 g/mol. The van der Waals surface area contributed by atoms with Crippen LogP contribution in [0.1, 0.15) is 16.8 Å². The molecule has 2 rings (SSSR count). The number of nitriles is 1. The summed E-state index contributed by atoms with van der Waals surface area (Å²) in [5.74, 6) is -0.251. The van der Waals surface area contributed by atoms with E-state index in [0.29, 0.717) is 12.1 Å². The first-order chi connectivity index (χ1) is 7.70. The largest absolute Gasteiger partial charge is 0.264 e. The fraction of sp³-hybridized carbons (Fsp3) is 0.167. The van der Waals surface area contributed by atoms with Crippen molar-refractivity contribution in [2.75, 3.05) is 0 Å². The number of hydrogen-bond donors (Lipinski definition) is 0. The summed E-state index contributed by atoms with van der Waals surface area (Å²) in [6.07, 6.45) is 1.54. The summed E-state index contributed by atoms with van der Waals surface area (Å²) in [6.45, 7) is 2.39. The van der Waals surface area contributed by atoms with Gasteiger partial charge in [0.2, 0.25) is 0 Å². The van der Waals surface area contributed by atoms with Gasteiger partial charge in [0, 0.05) is 0 Å². The molecular weight excluding hydrogens is 205 g/mol. The first-order valence-electron chi connectivity index (χ1n) is 4.87. The Labute approximate surface area is 92.7 Å². The van der Waals surface area contributed by atoms with Gasteiger partial charge in [0.05, 0.1) is 24.0 Å². The van der Waals surface area contributed by atoms with Crippen LogP contribution in [0, 0.1) is 24.1 Å². The Morgan fingerprint density at radius 1 is 1.38 bits per heavy atom. The second kappa shape index (κ2) is 4.15. The normalized spacial score (nSPS) is 10.1. The molecular formula is C12H10FN3. The summed E-state index contributed by atoms with van der Waals surface area (Å²) in [7, 11) is 0. The molecule has 0 unspecified atom stereocenters. The van der Waals surface area contributed by atoms with Crippen LogP contribution in [0.15, 0.2) is 30.5 Å². The molecule has 0 bridgehead atoms. The Kier molecular flexibility index (Phi) is 2.69. The van der Waals surface area contributed by atoms with Gasteiger partial charge < -0.3 is 0 Å². The third-order valence-corrected chi connectivity index (χ3v) is 2.47. The molecule has 0 radical (unpaired) electrons. The van der Waals surface area contributed by atoms with Crippen LogP contribution in [-0.4, -0.2) is 9.78 Å². The third kappa shape index (κ3) is 1.94. The van der Waals surface area contributed by atoms with E-state index in [1.54, 1.807) is 23.0 Å². The predicted octanol–water partition coefficient (Wildman–Crippen LogP) is 2.25. The van der Waals surface area contributed by atoms with Crippen molar-refractivity contribution in [1.82, 2.24) is 9.78 Å². The molecule has 1 aromatic heterocycles. The van der Waals surface area contributed by atoms with Crippen LogP contribution in [0.3, 0.4) is 0 Å². The highest BCUT2D eigenvalue weighted by atomic mass is 19.1. The van der Waals surface area contributed by atoms with E-state index < -0.39 is 0 Å². The third-order valence-electron chi connectivity index (χ3n) is 2.47. The Balaban J connectivity index is 2.24. The molecule has 0 aliphatic rings. The van der Waals surface area contributed by atoms with E-state index in [2.05, 4.69) is 11.2 Å². The smallest absolute Gasteiger partial charge is 0.123 e. The van der Waals surface area contributed by atoms with Crippen molar-refractivity contribution in [3.8, 4) is 6.07 Å². The number of aromatic nitrogens is 2. The van der Waals surface area contributed by atoms with Gasteiger partial charge in [-0.3, -0.25) is 4.68 Å². The first-order valence-corrected chi connectivity index (χ1v) is 4.87. The first kappa shape index (κ1) is 10.4. The standard InChI is InChI=1S/C12H10FN3/c1-9-11(6-14)7-15-16(9)8-10-2-4-12(13)5-3-10/h2-5,7H,8H2,1H3. The molecule has 0 saturated heterocycles. The summed E-state index contributed by atoms with van der Waals surface area (Å²) in [6, 6.07) is 8.32. The van der Waals surface area contributed by atoms with Crippen molar-refractivity contribution >= 4 is 0 Å². The molecule has 4 heteroatoms. The maximum absolute atomic E-state index is 12.7. The quantitative estimate of drug-likeness (QED) is 0.771. The van der Waals surface area contributed by atoms with E-state index in [1.807, 2.05) is 6.92 Å². The molecule has 0 aliphatic carbocycles. The molecule has 0 atom stereocenters. The molecule has 16 heavy (non-hydrogen) atoms. The number of hydrogen-bond acceptors (Lipinski definition) is 2. The topological polar surface area (TPSA) is 41.6 Å². The van der Waals surface area contributed by atoms with Crippen molar-refractivity contribution in [3.63, 3.8) is 0 Å². The average molecular weight is 215 g/mol. The van der Waals surface area contributed by atoms with E-state index in [9.17, 15) is 4.39 Å². The van der Waals surface area contributed by atoms with E-state index >= 15 is 0 Å². The fourth-order valence-electron chi connectivity index (χ4n) is 1.48. The summed E-state index contributed by atoms with van der Waals surface area (Å²) in [5.41, 5.74) is 2.35. The van der Waals surface area contributed by atoms with E-state index in [0.717, 1.165) is 11.3 Å². The van der Waals surface area contributed by atoms with Gasteiger partial charge >= 0.3 is 0 Å². The van der Waals surface area contributed by atoms with Crippen LogP contribution in [0.5, 0.6) is 0 Å². The Hall–Kier alpha value is -2.15. The van der Waals surface area contributed by atoms with E-state index in [1.165, 1.54) is 12.1 Å². The maximum atomic E-state index is 12.7. The zero-order chi connectivity index (χ0) is 11.5. The lowest BCUT2D eigenvalue weighted by Crippen LogP contribution is -2.03. The lowest BCUT2D eigenvalue weighted by atomic mass is 10.2. The highest BCUT2D eigenvalue weighted by molar-refractivity contribution is 5.30. The van der Waals surface area contributed by atoms with Crippen LogP contribution in [-0.2, 0) is 6.54 Å². The SMILES string of the molecule is Cc1c(C#N)cnn1Cc1ccc(F)cc1. The minimum atomic E-state index is -0.251. The zero-order valence-electron chi connectivity index (χ0n) is 8.81. The molecule has 1 heterocycles.